The van der Waals surface area contributed by atoms with E-state index in [4.69, 9.17) is 4.74 Å². The van der Waals surface area contributed by atoms with E-state index in [0.29, 0.717) is 6.54 Å². The smallest absolute Gasteiger partial charge is 0.245 e. The van der Waals surface area contributed by atoms with Gasteiger partial charge in [0, 0.05) is 20.7 Å². The lowest BCUT2D eigenvalue weighted by atomic mass is 10.3. The molecule has 3 nitrogen and oxygen atoms in total. The molecule has 0 radical (unpaired) electrons. The van der Waals surface area contributed by atoms with Gasteiger partial charge in [0.05, 0.1) is 6.10 Å². The Bertz CT molecular complexity index is 145. The number of nitrogens with zero attached hydrogens (tertiary/aromatic N) is 1. The summed E-state index contributed by atoms with van der Waals surface area (Å²) in [6, 6.07) is 0. The second kappa shape index (κ2) is 4.91. The van der Waals surface area contributed by atoms with Gasteiger partial charge in [-0.2, -0.15) is 0 Å². The van der Waals surface area contributed by atoms with Gasteiger partial charge in [-0.3, -0.25) is 4.79 Å². The fraction of sp³-hybridized carbons (Fsp3) is 0.625. The molecule has 0 fully saturated rings. The van der Waals surface area contributed by atoms with E-state index in [0.717, 1.165) is 0 Å². The van der Waals surface area contributed by atoms with E-state index >= 15 is 0 Å². The Morgan fingerprint density at radius 1 is 1.82 bits per heavy atom. The zero-order valence-corrected chi connectivity index (χ0v) is 7.33. The van der Waals surface area contributed by atoms with Crippen LogP contribution < -0.4 is 0 Å². The zero-order valence-electron chi connectivity index (χ0n) is 7.33. The predicted molar refractivity (Wildman–Crippen MR) is 44.3 cm³/mol. The topological polar surface area (TPSA) is 29.5 Å². The predicted octanol–water partition coefficient (Wildman–Crippen LogP) is 0.666. The maximum absolute atomic E-state index is 10.9. The molecule has 3 heteroatoms. The number of likely N-dealkylation sites (N-methyl/N-ethyl adjacent to an activating group) is 1. The van der Waals surface area contributed by atoms with Gasteiger partial charge in [-0.05, 0) is 13.0 Å². The van der Waals surface area contributed by atoms with Gasteiger partial charge >= 0.3 is 0 Å². The Kier molecular flexibility index (Phi) is 4.54. The average molecular weight is 157 g/mol. The summed E-state index contributed by atoms with van der Waals surface area (Å²) in [5.41, 5.74) is 0. The molecule has 1 amide bonds. The van der Waals surface area contributed by atoms with E-state index < -0.39 is 0 Å². The number of amides is 1. The van der Waals surface area contributed by atoms with Crippen molar-refractivity contribution in [1.82, 2.24) is 4.90 Å². The third-order valence-electron chi connectivity index (χ3n) is 1.48. The number of methoxy groups -OCH3 is 1. The van der Waals surface area contributed by atoms with E-state index in [2.05, 4.69) is 6.58 Å². The number of hydrogen-bond acceptors (Lipinski definition) is 2. The number of hydrogen-bond donors (Lipinski definition) is 0. The van der Waals surface area contributed by atoms with Gasteiger partial charge < -0.3 is 9.64 Å². The van der Waals surface area contributed by atoms with E-state index in [9.17, 15) is 4.79 Å². The van der Waals surface area contributed by atoms with Crippen LogP contribution in [0.2, 0.25) is 0 Å². The Hall–Kier alpha value is -0.830. The lowest BCUT2D eigenvalue weighted by Crippen LogP contribution is -2.32. The zero-order chi connectivity index (χ0) is 8.85. The van der Waals surface area contributed by atoms with Crippen LogP contribution in [0.3, 0.4) is 0 Å². The van der Waals surface area contributed by atoms with E-state index in [1.165, 1.54) is 6.08 Å². The summed E-state index contributed by atoms with van der Waals surface area (Å²) >= 11 is 0. The van der Waals surface area contributed by atoms with Crippen LogP contribution in [0.15, 0.2) is 12.7 Å². The first-order valence-electron chi connectivity index (χ1n) is 3.52. The van der Waals surface area contributed by atoms with Gasteiger partial charge in [0.25, 0.3) is 0 Å². The maximum atomic E-state index is 10.9. The molecule has 0 aromatic rings. The van der Waals surface area contributed by atoms with Crippen molar-refractivity contribution >= 4 is 5.91 Å². The van der Waals surface area contributed by atoms with Gasteiger partial charge in [-0.15, -0.1) is 0 Å². The molecule has 0 heterocycles. The molecular formula is C8H15NO2. The number of carbonyl (C=O) groups excluding carboxylic acids is 1. The third kappa shape index (κ3) is 3.78. The summed E-state index contributed by atoms with van der Waals surface area (Å²) in [6.45, 7) is 5.89. The summed E-state index contributed by atoms with van der Waals surface area (Å²) in [5, 5.41) is 0. The molecule has 0 saturated heterocycles. The van der Waals surface area contributed by atoms with Crippen molar-refractivity contribution in [2.45, 2.75) is 13.0 Å². The van der Waals surface area contributed by atoms with Gasteiger partial charge in [0.15, 0.2) is 0 Å². The van der Waals surface area contributed by atoms with Crippen LogP contribution in [-0.2, 0) is 9.53 Å². The third-order valence-corrected chi connectivity index (χ3v) is 1.48. The molecule has 0 aromatic carbocycles. The average Bonchev–Trinajstić information content (AvgIpc) is 2.02. The Balaban J connectivity index is 3.76. The first kappa shape index (κ1) is 10.2. The molecule has 0 aliphatic heterocycles. The summed E-state index contributed by atoms with van der Waals surface area (Å²) in [4.78, 5) is 12.5. The van der Waals surface area contributed by atoms with Gasteiger partial charge in [0.1, 0.15) is 0 Å². The second-order valence-electron chi connectivity index (χ2n) is 2.47. The van der Waals surface area contributed by atoms with Crippen molar-refractivity contribution in [2.75, 3.05) is 20.7 Å². The highest BCUT2D eigenvalue weighted by molar-refractivity contribution is 5.86. The second-order valence-corrected chi connectivity index (χ2v) is 2.47. The monoisotopic (exact) mass is 157 g/mol. The molecule has 0 aromatic heterocycles. The molecule has 1 atom stereocenters. The summed E-state index contributed by atoms with van der Waals surface area (Å²) in [5.74, 6) is -0.0751. The van der Waals surface area contributed by atoms with Crippen molar-refractivity contribution in [3.8, 4) is 0 Å². The highest BCUT2D eigenvalue weighted by Crippen LogP contribution is 1.93. The van der Waals surface area contributed by atoms with Crippen molar-refractivity contribution in [1.29, 1.82) is 0 Å². The maximum Gasteiger partial charge on any atom is 0.245 e. The SMILES string of the molecule is C=CC(=O)N(C)C[C@H](C)OC. The summed E-state index contributed by atoms with van der Waals surface area (Å²) < 4.78 is 4.99. The molecule has 0 unspecified atom stereocenters. The fourth-order valence-corrected chi connectivity index (χ4v) is 0.706. The Morgan fingerprint density at radius 3 is 2.73 bits per heavy atom. The fourth-order valence-electron chi connectivity index (χ4n) is 0.706. The number of carbonyl (C=O) groups is 1. The molecule has 0 N–H and O–H groups in total. The molecule has 0 saturated carbocycles. The van der Waals surface area contributed by atoms with Crippen LogP contribution in [0.4, 0.5) is 0 Å². The largest absolute Gasteiger partial charge is 0.380 e. The molecule has 0 aliphatic carbocycles. The van der Waals surface area contributed by atoms with Crippen LogP contribution in [0.5, 0.6) is 0 Å². The minimum atomic E-state index is -0.0751. The van der Waals surface area contributed by atoms with Crippen LogP contribution >= 0.6 is 0 Å². The quantitative estimate of drug-likeness (QED) is 0.561. The van der Waals surface area contributed by atoms with Crippen LogP contribution in [0, 0.1) is 0 Å². The van der Waals surface area contributed by atoms with Gasteiger partial charge in [-0.25, -0.2) is 0 Å². The van der Waals surface area contributed by atoms with Gasteiger partial charge in [0.2, 0.25) is 5.91 Å². The molecule has 11 heavy (non-hydrogen) atoms. The molecule has 0 rings (SSSR count). The van der Waals surface area contributed by atoms with E-state index in [1.807, 2.05) is 6.92 Å². The van der Waals surface area contributed by atoms with Crippen LogP contribution in [0.1, 0.15) is 6.92 Å². The van der Waals surface area contributed by atoms with Crippen molar-refractivity contribution < 1.29 is 9.53 Å². The van der Waals surface area contributed by atoms with E-state index in [-0.39, 0.29) is 12.0 Å². The molecule has 64 valence electrons. The highest BCUT2D eigenvalue weighted by atomic mass is 16.5. The lowest BCUT2D eigenvalue weighted by Gasteiger charge is -2.18. The van der Waals surface area contributed by atoms with Crippen molar-refractivity contribution in [3.05, 3.63) is 12.7 Å². The first-order chi connectivity index (χ1) is 5.11. The minimum absolute atomic E-state index is 0.0731. The Labute approximate surface area is 67.6 Å². The Morgan fingerprint density at radius 2 is 2.36 bits per heavy atom. The standard InChI is InChI=1S/C8H15NO2/c1-5-8(10)9(3)6-7(2)11-4/h5,7H,1,6H2,2-4H3/t7-/m0/s1. The highest BCUT2D eigenvalue weighted by Gasteiger charge is 2.07. The van der Waals surface area contributed by atoms with Crippen LogP contribution in [-0.4, -0.2) is 37.6 Å². The van der Waals surface area contributed by atoms with Crippen LogP contribution in [0.25, 0.3) is 0 Å². The van der Waals surface area contributed by atoms with E-state index in [1.54, 1.807) is 19.1 Å². The molecule has 0 bridgehead atoms. The first-order valence-corrected chi connectivity index (χ1v) is 3.52. The van der Waals surface area contributed by atoms with Crippen molar-refractivity contribution in [3.63, 3.8) is 0 Å². The number of ether oxygens (including phenoxy) is 1. The summed E-state index contributed by atoms with van der Waals surface area (Å²) in [6.07, 6.45) is 1.37. The lowest BCUT2D eigenvalue weighted by molar-refractivity contribution is -0.126. The molecule has 0 spiro atoms. The number of rotatable bonds is 4. The molecule has 0 aliphatic rings. The minimum Gasteiger partial charge on any atom is -0.380 e. The van der Waals surface area contributed by atoms with Gasteiger partial charge in [-0.1, -0.05) is 6.58 Å². The summed E-state index contributed by atoms with van der Waals surface area (Å²) in [7, 11) is 3.34. The normalized spacial score (nSPS) is 12.3. The van der Waals surface area contributed by atoms with Crippen molar-refractivity contribution in [2.24, 2.45) is 0 Å². The molecular weight excluding hydrogens is 142 g/mol.